The molecule has 2 N–H and O–H groups in total. The zero-order valence-corrected chi connectivity index (χ0v) is 14.1. The molecule has 0 bridgehead atoms. The van der Waals surface area contributed by atoms with Gasteiger partial charge in [-0.25, -0.2) is 18.1 Å². The molecular formula is C14H16BrN3O2S. The van der Waals surface area contributed by atoms with Crippen molar-refractivity contribution in [3.63, 3.8) is 0 Å². The van der Waals surface area contributed by atoms with Crippen LogP contribution in [-0.2, 0) is 16.6 Å². The van der Waals surface area contributed by atoms with Gasteiger partial charge >= 0.3 is 0 Å². The van der Waals surface area contributed by atoms with E-state index >= 15 is 0 Å². The molecule has 0 saturated heterocycles. The normalized spacial score (nSPS) is 11.4. The zero-order valence-electron chi connectivity index (χ0n) is 11.7. The highest BCUT2D eigenvalue weighted by Gasteiger charge is 2.12. The highest BCUT2D eigenvalue weighted by atomic mass is 79.9. The fourth-order valence-corrected chi connectivity index (χ4v) is 2.95. The molecule has 5 nitrogen and oxygen atoms in total. The summed E-state index contributed by atoms with van der Waals surface area (Å²) in [5.74, 6) is 0. The minimum Gasteiger partial charge on any atom is -0.379 e. The van der Waals surface area contributed by atoms with Crippen molar-refractivity contribution in [2.24, 2.45) is 0 Å². The molecule has 21 heavy (non-hydrogen) atoms. The van der Waals surface area contributed by atoms with Gasteiger partial charge in [-0.1, -0.05) is 12.1 Å². The first-order valence-corrected chi connectivity index (χ1v) is 8.59. The Kier molecular flexibility index (Phi) is 4.97. The third kappa shape index (κ3) is 4.03. The molecule has 0 fully saturated rings. The van der Waals surface area contributed by atoms with Gasteiger partial charge in [0, 0.05) is 5.69 Å². The number of rotatable bonds is 5. The van der Waals surface area contributed by atoms with Gasteiger partial charge < -0.3 is 5.32 Å². The zero-order chi connectivity index (χ0) is 15.5. The Morgan fingerprint density at radius 2 is 2.00 bits per heavy atom. The van der Waals surface area contributed by atoms with Crippen molar-refractivity contribution in [2.45, 2.75) is 18.4 Å². The van der Waals surface area contributed by atoms with Crippen LogP contribution in [-0.4, -0.2) is 20.4 Å². The Labute approximate surface area is 133 Å². The highest BCUT2D eigenvalue weighted by Crippen LogP contribution is 2.20. The molecule has 1 heterocycles. The molecule has 1 aromatic heterocycles. The van der Waals surface area contributed by atoms with Gasteiger partial charge in [-0.3, -0.25) is 0 Å². The number of halogens is 1. The number of aromatic nitrogens is 1. The third-order valence-electron chi connectivity index (χ3n) is 3.02. The van der Waals surface area contributed by atoms with Crippen molar-refractivity contribution in [3.8, 4) is 0 Å². The van der Waals surface area contributed by atoms with Crippen molar-refractivity contribution in [1.82, 2.24) is 9.71 Å². The fraction of sp³-hybridized carbons (Fsp3) is 0.214. The summed E-state index contributed by atoms with van der Waals surface area (Å²) in [7, 11) is -2.04. The van der Waals surface area contributed by atoms with Crippen LogP contribution in [0, 0.1) is 6.92 Å². The Morgan fingerprint density at radius 1 is 1.24 bits per heavy atom. The van der Waals surface area contributed by atoms with E-state index in [1.807, 2.05) is 25.1 Å². The van der Waals surface area contributed by atoms with E-state index in [0.717, 1.165) is 21.5 Å². The number of anilines is 1. The van der Waals surface area contributed by atoms with Crippen LogP contribution in [0.5, 0.6) is 0 Å². The molecule has 1 aromatic carbocycles. The van der Waals surface area contributed by atoms with Crippen LogP contribution in [0.3, 0.4) is 0 Å². The molecule has 0 atom stereocenters. The summed E-state index contributed by atoms with van der Waals surface area (Å²) < 4.78 is 26.7. The van der Waals surface area contributed by atoms with E-state index < -0.39 is 10.0 Å². The maximum atomic E-state index is 11.8. The average Bonchev–Trinajstić information content (AvgIpc) is 2.46. The quantitative estimate of drug-likeness (QED) is 0.794. The van der Waals surface area contributed by atoms with E-state index in [0.29, 0.717) is 6.54 Å². The lowest BCUT2D eigenvalue weighted by Crippen LogP contribution is -2.18. The lowest BCUT2D eigenvalue weighted by molar-refractivity contribution is 0.588. The van der Waals surface area contributed by atoms with Crippen molar-refractivity contribution < 1.29 is 8.42 Å². The molecule has 0 saturated carbocycles. The molecule has 0 spiro atoms. The van der Waals surface area contributed by atoms with Gasteiger partial charge in [0.25, 0.3) is 0 Å². The topological polar surface area (TPSA) is 71.1 Å². The van der Waals surface area contributed by atoms with E-state index in [2.05, 4.69) is 31.0 Å². The molecular weight excluding hydrogens is 354 g/mol. The maximum Gasteiger partial charge on any atom is 0.240 e. The molecule has 0 unspecified atom stereocenters. The van der Waals surface area contributed by atoms with E-state index in [9.17, 15) is 8.42 Å². The van der Waals surface area contributed by atoms with E-state index in [1.54, 1.807) is 18.2 Å². The predicted molar refractivity (Wildman–Crippen MR) is 86.7 cm³/mol. The predicted octanol–water partition coefficient (Wildman–Crippen LogP) is 2.67. The number of aryl methyl sites for hydroxylation is 1. The van der Waals surface area contributed by atoms with Gasteiger partial charge in [0.2, 0.25) is 10.0 Å². The summed E-state index contributed by atoms with van der Waals surface area (Å²) in [5.41, 5.74) is 2.61. The first-order valence-electron chi connectivity index (χ1n) is 6.32. The SMILES string of the molecule is CNS(=O)(=O)c1ccc(C)c(NCc2cccc(Br)n2)c1. The average molecular weight is 370 g/mol. The number of benzene rings is 1. The summed E-state index contributed by atoms with van der Waals surface area (Å²) in [5, 5.41) is 3.22. The summed E-state index contributed by atoms with van der Waals surface area (Å²) in [6.07, 6.45) is 0. The minimum atomic E-state index is -3.44. The fourth-order valence-electron chi connectivity index (χ4n) is 1.81. The highest BCUT2D eigenvalue weighted by molar-refractivity contribution is 9.10. The monoisotopic (exact) mass is 369 g/mol. The van der Waals surface area contributed by atoms with Crippen LogP contribution in [0.15, 0.2) is 45.9 Å². The first-order chi connectivity index (χ1) is 9.92. The summed E-state index contributed by atoms with van der Waals surface area (Å²) in [6.45, 7) is 2.44. The second kappa shape index (κ2) is 6.55. The molecule has 0 amide bonds. The van der Waals surface area contributed by atoms with Crippen molar-refractivity contribution in [1.29, 1.82) is 0 Å². The van der Waals surface area contributed by atoms with Gasteiger partial charge in [0.15, 0.2) is 0 Å². The number of nitrogens with one attached hydrogen (secondary N) is 2. The lowest BCUT2D eigenvalue weighted by Gasteiger charge is -2.11. The number of hydrogen-bond acceptors (Lipinski definition) is 4. The van der Waals surface area contributed by atoms with Crippen LogP contribution < -0.4 is 10.0 Å². The van der Waals surface area contributed by atoms with Gasteiger partial charge in [0.1, 0.15) is 4.60 Å². The van der Waals surface area contributed by atoms with Crippen LogP contribution in [0.1, 0.15) is 11.3 Å². The van der Waals surface area contributed by atoms with Crippen LogP contribution in [0.2, 0.25) is 0 Å². The molecule has 2 rings (SSSR count). The van der Waals surface area contributed by atoms with Crippen molar-refractivity contribution >= 4 is 31.6 Å². The maximum absolute atomic E-state index is 11.8. The van der Waals surface area contributed by atoms with Gasteiger partial charge in [0.05, 0.1) is 17.1 Å². The Morgan fingerprint density at radius 3 is 2.67 bits per heavy atom. The molecule has 7 heteroatoms. The van der Waals surface area contributed by atoms with E-state index in [1.165, 1.54) is 7.05 Å². The standard InChI is InChI=1S/C14H16BrN3O2S/c1-10-6-7-12(21(19,20)16-2)8-13(10)17-9-11-4-3-5-14(15)18-11/h3-8,16-17H,9H2,1-2H3. The second-order valence-electron chi connectivity index (χ2n) is 4.49. The molecule has 0 aliphatic heterocycles. The summed E-state index contributed by atoms with van der Waals surface area (Å²) in [4.78, 5) is 4.57. The van der Waals surface area contributed by atoms with Gasteiger partial charge in [-0.2, -0.15) is 0 Å². The smallest absolute Gasteiger partial charge is 0.240 e. The van der Waals surface area contributed by atoms with Gasteiger partial charge in [-0.15, -0.1) is 0 Å². The molecule has 2 aromatic rings. The number of hydrogen-bond donors (Lipinski definition) is 2. The number of nitrogens with zero attached hydrogens (tertiary/aromatic N) is 1. The van der Waals surface area contributed by atoms with Gasteiger partial charge in [-0.05, 0) is 59.7 Å². The molecule has 0 aliphatic rings. The summed E-state index contributed by atoms with van der Waals surface area (Å²) >= 11 is 3.32. The molecule has 0 radical (unpaired) electrons. The minimum absolute atomic E-state index is 0.236. The lowest BCUT2D eigenvalue weighted by atomic mass is 10.2. The second-order valence-corrected chi connectivity index (χ2v) is 7.19. The third-order valence-corrected chi connectivity index (χ3v) is 4.87. The number of pyridine rings is 1. The summed E-state index contributed by atoms with van der Waals surface area (Å²) in [6, 6.07) is 10.7. The Bertz CT molecular complexity index is 748. The largest absolute Gasteiger partial charge is 0.379 e. The number of sulfonamides is 1. The Balaban J connectivity index is 2.22. The van der Waals surface area contributed by atoms with Crippen LogP contribution in [0.4, 0.5) is 5.69 Å². The van der Waals surface area contributed by atoms with Crippen molar-refractivity contribution in [3.05, 3.63) is 52.3 Å². The Hall–Kier alpha value is -1.44. The van der Waals surface area contributed by atoms with Crippen molar-refractivity contribution in [2.75, 3.05) is 12.4 Å². The molecule has 112 valence electrons. The van der Waals surface area contributed by atoms with E-state index in [-0.39, 0.29) is 4.90 Å². The molecule has 0 aliphatic carbocycles. The van der Waals surface area contributed by atoms with Crippen LogP contribution in [0.25, 0.3) is 0 Å². The van der Waals surface area contributed by atoms with Crippen LogP contribution >= 0.6 is 15.9 Å². The van der Waals surface area contributed by atoms with E-state index in [4.69, 9.17) is 0 Å². The first kappa shape index (κ1) is 15.9.